The topological polar surface area (TPSA) is 85.7 Å². The molecule has 2 aromatic heterocycles. The molecular weight excluding hydrogens is 384 g/mol. The van der Waals surface area contributed by atoms with Crippen LogP contribution in [0.4, 0.5) is 0 Å². The van der Waals surface area contributed by atoms with Crippen LogP contribution in [0.2, 0.25) is 0 Å². The number of aliphatic hydroxyl groups is 1. The number of nitrogens with zero attached hydrogens (tertiary/aromatic N) is 1. The monoisotopic (exact) mass is 408 g/mol. The molecule has 0 saturated carbocycles. The van der Waals surface area contributed by atoms with Gasteiger partial charge in [0.2, 0.25) is 0 Å². The first-order valence-electron chi connectivity index (χ1n) is 9.79. The number of aliphatic hydroxyl groups excluding tert-OH is 1. The first-order valence-corrected chi connectivity index (χ1v) is 9.79. The minimum atomic E-state index is -0.434. The Bertz CT molecular complexity index is 1220. The Morgan fingerprint density at radius 2 is 2.00 bits per heavy atom. The first kappa shape index (κ1) is 19.8. The molecule has 0 bridgehead atoms. The van der Waals surface area contributed by atoms with Gasteiger partial charge in [0.1, 0.15) is 23.8 Å². The van der Waals surface area contributed by atoms with E-state index in [4.69, 9.17) is 14.2 Å². The van der Waals surface area contributed by atoms with Crippen molar-refractivity contribution in [3.63, 3.8) is 0 Å². The van der Waals surface area contributed by atoms with Crippen LogP contribution in [0.15, 0.2) is 42.5 Å². The van der Waals surface area contributed by atoms with E-state index in [0.717, 1.165) is 21.9 Å². The van der Waals surface area contributed by atoms with Gasteiger partial charge in [0.15, 0.2) is 0 Å². The average molecular weight is 408 g/mol. The number of carbonyl (C=O) groups excluding carboxylic acids is 1. The van der Waals surface area contributed by atoms with Gasteiger partial charge in [0.05, 0.1) is 36.9 Å². The number of benzene rings is 2. The van der Waals surface area contributed by atoms with E-state index in [0.29, 0.717) is 28.3 Å². The number of aromatic nitrogens is 2. The Morgan fingerprint density at radius 3 is 2.73 bits per heavy atom. The van der Waals surface area contributed by atoms with Crippen molar-refractivity contribution in [1.29, 1.82) is 0 Å². The second kappa shape index (κ2) is 8.12. The number of carbonyl (C=O) groups is 1. The molecule has 2 N–H and O–H groups in total. The molecule has 0 amide bonds. The van der Waals surface area contributed by atoms with Gasteiger partial charge in [-0.05, 0) is 25.1 Å². The summed E-state index contributed by atoms with van der Waals surface area (Å²) in [5, 5.41) is 10.3. The van der Waals surface area contributed by atoms with Crippen LogP contribution in [0.25, 0.3) is 33.1 Å². The predicted octanol–water partition coefficient (Wildman–Crippen LogP) is 3.88. The number of para-hydroxylation sites is 1. The van der Waals surface area contributed by atoms with E-state index in [1.807, 2.05) is 43.4 Å². The van der Waals surface area contributed by atoms with Gasteiger partial charge in [-0.3, -0.25) is 0 Å². The van der Waals surface area contributed by atoms with Crippen molar-refractivity contribution in [2.24, 2.45) is 7.05 Å². The van der Waals surface area contributed by atoms with Crippen LogP contribution in [0, 0.1) is 0 Å². The summed E-state index contributed by atoms with van der Waals surface area (Å²) in [6, 6.07) is 13.4. The van der Waals surface area contributed by atoms with Crippen molar-refractivity contribution in [2.75, 3.05) is 26.9 Å². The second-order valence-electron chi connectivity index (χ2n) is 6.83. The van der Waals surface area contributed by atoms with Crippen molar-refractivity contribution in [1.82, 2.24) is 9.55 Å². The summed E-state index contributed by atoms with van der Waals surface area (Å²) in [6.07, 6.45) is 0. The molecule has 0 aliphatic rings. The fourth-order valence-electron chi connectivity index (χ4n) is 3.85. The summed E-state index contributed by atoms with van der Waals surface area (Å²) in [6.45, 7) is 2.04. The third-order valence-corrected chi connectivity index (χ3v) is 5.13. The van der Waals surface area contributed by atoms with Gasteiger partial charge in [0, 0.05) is 29.6 Å². The summed E-state index contributed by atoms with van der Waals surface area (Å²) in [4.78, 5) is 16.1. The van der Waals surface area contributed by atoms with Crippen LogP contribution < -0.4 is 9.47 Å². The lowest BCUT2D eigenvalue weighted by molar-refractivity contribution is 0.0521. The van der Waals surface area contributed by atoms with E-state index in [9.17, 15) is 9.90 Å². The number of aryl methyl sites for hydroxylation is 1. The van der Waals surface area contributed by atoms with Crippen molar-refractivity contribution in [2.45, 2.75) is 6.92 Å². The highest BCUT2D eigenvalue weighted by Crippen LogP contribution is 2.42. The molecule has 30 heavy (non-hydrogen) atoms. The van der Waals surface area contributed by atoms with E-state index in [2.05, 4.69) is 9.55 Å². The lowest BCUT2D eigenvalue weighted by atomic mass is 10.0. The fraction of sp³-hybridized carbons (Fsp3) is 0.261. The zero-order valence-electron chi connectivity index (χ0n) is 17.2. The maximum absolute atomic E-state index is 12.8. The summed E-state index contributed by atoms with van der Waals surface area (Å²) in [5.41, 5.74) is 4.54. The smallest absolute Gasteiger partial charge is 0.355 e. The number of ether oxygens (including phenoxy) is 3. The molecule has 0 unspecified atom stereocenters. The van der Waals surface area contributed by atoms with Gasteiger partial charge in [-0.1, -0.05) is 18.2 Å². The maximum atomic E-state index is 12.8. The molecule has 0 fully saturated rings. The van der Waals surface area contributed by atoms with Crippen molar-refractivity contribution in [3.05, 3.63) is 48.2 Å². The number of rotatable bonds is 7. The highest BCUT2D eigenvalue weighted by molar-refractivity contribution is 6.16. The van der Waals surface area contributed by atoms with E-state index in [-0.39, 0.29) is 19.8 Å². The Hall–Kier alpha value is -3.45. The van der Waals surface area contributed by atoms with Gasteiger partial charge in [-0.2, -0.15) is 0 Å². The molecule has 2 heterocycles. The average Bonchev–Trinajstić information content (AvgIpc) is 3.29. The Balaban J connectivity index is 2.06. The molecule has 0 spiro atoms. The SMILES string of the molecule is CCOC(=O)c1[nH]c2c3ccccc3n(C)c2c1-c1ccc(OC)cc1OCCO. The predicted molar refractivity (Wildman–Crippen MR) is 115 cm³/mol. The largest absolute Gasteiger partial charge is 0.497 e. The zero-order valence-corrected chi connectivity index (χ0v) is 17.2. The van der Waals surface area contributed by atoms with Crippen LogP contribution in [0.5, 0.6) is 11.5 Å². The quantitative estimate of drug-likeness (QED) is 0.453. The molecular formula is C23H24N2O5. The van der Waals surface area contributed by atoms with E-state index in [1.165, 1.54) is 0 Å². The standard InChI is InChI=1S/C23H24N2O5/c1-4-29-23(27)21-19(16-10-9-14(28-3)13-18(16)30-12-11-26)22-20(24-21)15-7-5-6-8-17(15)25(22)2/h5-10,13,24,26H,4,11-12H2,1-3H3. The zero-order chi connectivity index (χ0) is 21.3. The van der Waals surface area contributed by atoms with Crippen molar-refractivity contribution in [3.8, 4) is 22.6 Å². The van der Waals surface area contributed by atoms with E-state index >= 15 is 0 Å². The number of esters is 1. The Morgan fingerprint density at radius 1 is 1.20 bits per heavy atom. The van der Waals surface area contributed by atoms with Crippen LogP contribution in [0.3, 0.4) is 0 Å². The molecule has 0 radical (unpaired) electrons. The minimum Gasteiger partial charge on any atom is -0.497 e. The highest BCUT2D eigenvalue weighted by Gasteiger charge is 2.26. The van der Waals surface area contributed by atoms with Crippen LogP contribution in [-0.2, 0) is 11.8 Å². The van der Waals surface area contributed by atoms with Gasteiger partial charge in [0.25, 0.3) is 0 Å². The molecule has 2 aromatic carbocycles. The summed E-state index contributed by atoms with van der Waals surface area (Å²) >= 11 is 0. The van der Waals surface area contributed by atoms with Crippen LogP contribution in [0.1, 0.15) is 17.4 Å². The normalized spacial score (nSPS) is 11.2. The molecule has 4 rings (SSSR count). The number of hydrogen-bond donors (Lipinski definition) is 2. The van der Waals surface area contributed by atoms with Gasteiger partial charge >= 0.3 is 5.97 Å². The molecule has 0 saturated heterocycles. The lowest BCUT2D eigenvalue weighted by Gasteiger charge is -2.14. The summed E-state index contributed by atoms with van der Waals surface area (Å²) in [5.74, 6) is 0.699. The minimum absolute atomic E-state index is 0.123. The molecule has 0 atom stereocenters. The Labute approximate surface area is 173 Å². The molecule has 7 heteroatoms. The number of hydrogen-bond acceptors (Lipinski definition) is 5. The van der Waals surface area contributed by atoms with Gasteiger partial charge < -0.3 is 28.9 Å². The summed E-state index contributed by atoms with van der Waals surface area (Å²) in [7, 11) is 3.54. The fourth-order valence-corrected chi connectivity index (χ4v) is 3.85. The third-order valence-electron chi connectivity index (χ3n) is 5.13. The number of nitrogens with one attached hydrogen (secondary N) is 1. The first-order chi connectivity index (χ1) is 14.6. The highest BCUT2D eigenvalue weighted by atomic mass is 16.5. The molecule has 7 nitrogen and oxygen atoms in total. The van der Waals surface area contributed by atoms with E-state index < -0.39 is 5.97 Å². The van der Waals surface area contributed by atoms with E-state index in [1.54, 1.807) is 20.1 Å². The third kappa shape index (κ3) is 3.17. The molecule has 0 aliphatic carbocycles. The summed E-state index contributed by atoms with van der Waals surface area (Å²) < 4.78 is 18.5. The lowest BCUT2D eigenvalue weighted by Crippen LogP contribution is -2.08. The number of aromatic amines is 1. The number of fused-ring (bicyclic) bond motifs is 3. The molecule has 156 valence electrons. The van der Waals surface area contributed by atoms with Gasteiger partial charge in [-0.15, -0.1) is 0 Å². The van der Waals surface area contributed by atoms with Crippen LogP contribution >= 0.6 is 0 Å². The number of H-pyrrole nitrogens is 1. The van der Waals surface area contributed by atoms with Crippen LogP contribution in [-0.4, -0.2) is 47.6 Å². The number of methoxy groups -OCH3 is 1. The Kier molecular flexibility index (Phi) is 5.37. The van der Waals surface area contributed by atoms with Gasteiger partial charge in [-0.25, -0.2) is 4.79 Å². The van der Waals surface area contributed by atoms with Crippen molar-refractivity contribution >= 4 is 27.9 Å². The van der Waals surface area contributed by atoms with Crippen molar-refractivity contribution < 1.29 is 24.1 Å². The molecule has 4 aromatic rings. The second-order valence-corrected chi connectivity index (χ2v) is 6.83. The maximum Gasteiger partial charge on any atom is 0.355 e. The molecule has 0 aliphatic heterocycles.